The lowest BCUT2D eigenvalue weighted by Gasteiger charge is -2.59. The fourth-order valence-corrected chi connectivity index (χ4v) is 5.75. The van der Waals surface area contributed by atoms with Crippen LogP contribution in [0.3, 0.4) is 0 Å². The summed E-state index contributed by atoms with van der Waals surface area (Å²) >= 11 is 0. The highest BCUT2D eigenvalue weighted by Crippen LogP contribution is 2.63. The molecule has 5 rings (SSSR count). The summed E-state index contributed by atoms with van der Waals surface area (Å²) in [5, 5.41) is 10.9. The molecule has 4 saturated carbocycles. The molecular weight excluding hydrogens is 222 g/mol. The second-order valence-corrected chi connectivity index (χ2v) is 7.01. The molecule has 0 saturated heterocycles. The van der Waals surface area contributed by atoms with Crippen LogP contribution in [0.4, 0.5) is 0 Å². The largest absolute Gasteiger partial charge is 0.311 e. The van der Waals surface area contributed by atoms with Gasteiger partial charge in [0.05, 0.1) is 11.7 Å². The Morgan fingerprint density at radius 3 is 2.28 bits per heavy atom. The molecule has 0 spiro atoms. The molecule has 1 aromatic rings. The number of H-pyrrole nitrogens is 1. The molecule has 0 amide bonds. The molecule has 3 nitrogen and oxygen atoms in total. The third kappa shape index (κ3) is 1.49. The normalized spacial score (nSPS) is 43.3. The van der Waals surface area contributed by atoms with Gasteiger partial charge in [0, 0.05) is 6.20 Å². The van der Waals surface area contributed by atoms with Crippen LogP contribution in [0.5, 0.6) is 0 Å². The van der Waals surface area contributed by atoms with Crippen LogP contribution in [-0.4, -0.2) is 17.2 Å². The van der Waals surface area contributed by atoms with Crippen molar-refractivity contribution in [2.75, 3.05) is 7.05 Å². The van der Waals surface area contributed by atoms with E-state index in [9.17, 15) is 0 Å². The fraction of sp³-hybridized carbons (Fsp3) is 0.800. The molecule has 2 N–H and O–H groups in total. The number of aromatic nitrogens is 2. The van der Waals surface area contributed by atoms with Crippen molar-refractivity contribution in [2.45, 2.75) is 44.6 Å². The maximum atomic E-state index is 4.15. The van der Waals surface area contributed by atoms with Gasteiger partial charge in [-0.15, -0.1) is 0 Å². The predicted octanol–water partition coefficient (Wildman–Crippen LogP) is 2.89. The van der Waals surface area contributed by atoms with Crippen LogP contribution in [0.2, 0.25) is 0 Å². The lowest BCUT2D eigenvalue weighted by molar-refractivity contribution is -0.0743. The summed E-state index contributed by atoms with van der Waals surface area (Å²) in [7, 11) is 2.12. The van der Waals surface area contributed by atoms with E-state index in [1.54, 1.807) is 0 Å². The maximum Gasteiger partial charge on any atom is 0.0544 e. The van der Waals surface area contributed by atoms with Crippen molar-refractivity contribution in [3.8, 4) is 0 Å². The molecule has 4 fully saturated rings. The van der Waals surface area contributed by atoms with Gasteiger partial charge in [0.15, 0.2) is 0 Å². The summed E-state index contributed by atoms with van der Waals surface area (Å²) in [5.74, 6) is 3.03. The van der Waals surface area contributed by atoms with Crippen molar-refractivity contribution >= 4 is 0 Å². The van der Waals surface area contributed by atoms with Gasteiger partial charge in [-0.1, -0.05) is 0 Å². The maximum absolute atomic E-state index is 4.15. The molecule has 0 aromatic carbocycles. The average Bonchev–Trinajstić information content (AvgIpc) is 2.81. The van der Waals surface area contributed by atoms with Gasteiger partial charge < -0.3 is 5.32 Å². The van der Waals surface area contributed by atoms with Gasteiger partial charge in [-0.25, -0.2) is 0 Å². The quantitative estimate of drug-likeness (QED) is 0.859. The summed E-state index contributed by atoms with van der Waals surface area (Å²) < 4.78 is 0. The van der Waals surface area contributed by atoms with Gasteiger partial charge in [0.2, 0.25) is 0 Å². The van der Waals surface area contributed by atoms with Crippen LogP contribution in [0.15, 0.2) is 12.3 Å². The molecule has 4 bridgehead atoms. The minimum Gasteiger partial charge on any atom is -0.311 e. The van der Waals surface area contributed by atoms with E-state index in [0.29, 0.717) is 11.5 Å². The molecular formula is C15H23N3. The first-order valence-electron chi connectivity index (χ1n) is 7.45. The Morgan fingerprint density at radius 1 is 1.22 bits per heavy atom. The Labute approximate surface area is 109 Å². The zero-order valence-corrected chi connectivity index (χ0v) is 11.2. The Kier molecular flexibility index (Phi) is 2.35. The van der Waals surface area contributed by atoms with Crippen LogP contribution >= 0.6 is 0 Å². The SMILES string of the molecule is CNC(c1ccn[nH]1)C12CC3CC(CC(C3)C1)C2. The number of aromatic amines is 1. The smallest absolute Gasteiger partial charge is 0.0544 e. The molecule has 3 heteroatoms. The van der Waals surface area contributed by atoms with Crippen LogP contribution < -0.4 is 5.32 Å². The fourth-order valence-electron chi connectivity index (χ4n) is 5.75. The first-order valence-corrected chi connectivity index (χ1v) is 7.45. The summed E-state index contributed by atoms with van der Waals surface area (Å²) in [6.07, 6.45) is 10.7. The molecule has 1 aromatic heterocycles. The second-order valence-electron chi connectivity index (χ2n) is 7.01. The van der Waals surface area contributed by atoms with E-state index in [-0.39, 0.29) is 0 Å². The minimum atomic E-state index is 0.480. The molecule has 1 atom stereocenters. The van der Waals surface area contributed by atoms with Gasteiger partial charge in [-0.05, 0) is 74.8 Å². The molecule has 0 radical (unpaired) electrons. The first kappa shape index (κ1) is 11.0. The van der Waals surface area contributed by atoms with Gasteiger partial charge in [-0.3, -0.25) is 5.10 Å². The number of hydrogen-bond acceptors (Lipinski definition) is 2. The Bertz CT molecular complexity index is 388. The van der Waals surface area contributed by atoms with E-state index in [0.717, 1.165) is 17.8 Å². The standard InChI is InChI=1S/C15H23N3/c1-16-14(13-2-3-17-18-13)15-7-10-4-11(8-15)6-12(5-10)9-15/h2-3,10-12,14,16H,4-9H2,1H3,(H,17,18). The summed E-state index contributed by atoms with van der Waals surface area (Å²) in [6.45, 7) is 0. The Balaban J connectivity index is 1.70. The monoisotopic (exact) mass is 245 g/mol. The minimum absolute atomic E-state index is 0.480. The van der Waals surface area contributed by atoms with Crippen molar-refractivity contribution in [1.82, 2.24) is 15.5 Å². The van der Waals surface area contributed by atoms with Crippen molar-refractivity contribution in [2.24, 2.45) is 23.2 Å². The second kappa shape index (κ2) is 3.83. The van der Waals surface area contributed by atoms with Crippen LogP contribution in [0.25, 0.3) is 0 Å². The lowest BCUT2D eigenvalue weighted by atomic mass is 9.47. The van der Waals surface area contributed by atoms with Crippen molar-refractivity contribution in [3.05, 3.63) is 18.0 Å². The Hall–Kier alpha value is -0.830. The van der Waals surface area contributed by atoms with Crippen LogP contribution in [0.1, 0.15) is 50.3 Å². The van der Waals surface area contributed by atoms with E-state index in [1.165, 1.54) is 44.2 Å². The predicted molar refractivity (Wildman–Crippen MR) is 71.0 cm³/mol. The first-order chi connectivity index (χ1) is 8.79. The number of rotatable bonds is 3. The molecule has 1 unspecified atom stereocenters. The van der Waals surface area contributed by atoms with Crippen molar-refractivity contribution in [1.29, 1.82) is 0 Å². The summed E-state index contributed by atoms with van der Waals surface area (Å²) in [4.78, 5) is 0. The number of hydrogen-bond donors (Lipinski definition) is 2. The highest BCUT2D eigenvalue weighted by Gasteiger charge is 2.54. The molecule has 1 heterocycles. The molecule has 4 aliphatic carbocycles. The lowest BCUT2D eigenvalue weighted by Crippen LogP contribution is -2.51. The van der Waals surface area contributed by atoms with E-state index in [2.05, 4.69) is 28.6 Å². The van der Waals surface area contributed by atoms with Crippen LogP contribution in [0, 0.1) is 23.2 Å². The van der Waals surface area contributed by atoms with Crippen molar-refractivity contribution < 1.29 is 0 Å². The highest BCUT2D eigenvalue weighted by molar-refractivity contribution is 5.15. The molecule has 4 aliphatic rings. The highest BCUT2D eigenvalue weighted by atomic mass is 15.1. The zero-order valence-electron chi connectivity index (χ0n) is 11.2. The van der Waals surface area contributed by atoms with E-state index >= 15 is 0 Å². The van der Waals surface area contributed by atoms with Gasteiger partial charge in [0.1, 0.15) is 0 Å². The summed E-state index contributed by atoms with van der Waals surface area (Å²) in [6, 6.07) is 2.63. The van der Waals surface area contributed by atoms with Gasteiger partial charge in [-0.2, -0.15) is 5.10 Å². The number of nitrogens with zero attached hydrogens (tertiary/aromatic N) is 1. The molecule has 18 heavy (non-hydrogen) atoms. The molecule has 98 valence electrons. The van der Waals surface area contributed by atoms with E-state index < -0.39 is 0 Å². The summed E-state index contributed by atoms with van der Waals surface area (Å²) in [5.41, 5.74) is 1.80. The van der Waals surface area contributed by atoms with E-state index in [1.807, 2.05) is 6.20 Å². The van der Waals surface area contributed by atoms with E-state index in [4.69, 9.17) is 0 Å². The average molecular weight is 245 g/mol. The van der Waals surface area contributed by atoms with Gasteiger partial charge in [0.25, 0.3) is 0 Å². The molecule has 0 aliphatic heterocycles. The van der Waals surface area contributed by atoms with Gasteiger partial charge >= 0.3 is 0 Å². The number of nitrogens with one attached hydrogen (secondary N) is 2. The topological polar surface area (TPSA) is 40.7 Å². The van der Waals surface area contributed by atoms with Crippen molar-refractivity contribution in [3.63, 3.8) is 0 Å². The third-order valence-corrected chi connectivity index (χ3v) is 5.82. The Morgan fingerprint density at radius 2 is 1.83 bits per heavy atom. The zero-order chi connectivity index (χ0) is 12.2. The van der Waals surface area contributed by atoms with Crippen LogP contribution in [-0.2, 0) is 0 Å². The third-order valence-electron chi connectivity index (χ3n) is 5.82.